The Morgan fingerprint density at radius 3 is 2.23 bits per heavy atom. The van der Waals surface area contributed by atoms with Gasteiger partial charge in [-0.25, -0.2) is 4.79 Å². The van der Waals surface area contributed by atoms with Crippen LogP contribution in [0.15, 0.2) is 58.1 Å². The summed E-state index contributed by atoms with van der Waals surface area (Å²) in [6, 6.07) is 17.0. The van der Waals surface area contributed by atoms with E-state index in [0.717, 1.165) is 37.9 Å². The predicted molar refractivity (Wildman–Crippen MR) is 126 cm³/mol. The van der Waals surface area contributed by atoms with Crippen LogP contribution in [-0.4, -0.2) is 22.6 Å². The number of hydrogen-bond donors (Lipinski definition) is 1. The van der Waals surface area contributed by atoms with Crippen LogP contribution in [0.2, 0.25) is 0 Å². The van der Waals surface area contributed by atoms with E-state index in [0.29, 0.717) is 23.7 Å². The molecule has 5 heteroatoms. The molecule has 1 N–H and O–H groups in total. The van der Waals surface area contributed by atoms with Crippen LogP contribution in [0.1, 0.15) is 40.7 Å². The Kier molecular flexibility index (Phi) is 6.12. The molecule has 0 saturated carbocycles. The number of rotatable bonds is 5. The van der Waals surface area contributed by atoms with E-state index in [4.69, 9.17) is 0 Å². The predicted octanol–water partition coefficient (Wildman–Crippen LogP) is 3.74. The minimum absolute atomic E-state index is 0.204. The zero-order chi connectivity index (χ0) is 22.0. The van der Waals surface area contributed by atoms with Crippen LogP contribution in [0.3, 0.4) is 0 Å². The third kappa shape index (κ3) is 4.82. The first kappa shape index (κ1) is 21.2. The lowest BCUT2D eigenvalue weighted by Crippen LogP contribution is -2.42. The first-order valence-electron chi connectivity index (χ1n) is 11.1. The summed E-state index contributed by atoms with van der Waals surface area (Å²) < 4.78 is 1.18. The number of aryl methyl sites for hydroxylation is 2. The van der Waals surface area contributed by atoms with E-state index >= 15 is 0 Å². The van der Waals surface area contributed by atoms with Crippen molar-refractivity contribution in [2.24, 2.45) is 13.0 Å². The Balaban J connectivity index is 1.58. The fourth-order valence-corrected chi connectivity index (χ4v) is 4.77. The molecule has 1 fully saturated rings. The summed E-state index contributed by atoms with van der Waals surface area (Å²) in [6.45, 7) is 5.83. The summed E-state index contributed by atoms with van der Waals surface area (Å²) in [5.41, 5.74) is 4.95. The molecule has 2 aromatic carbocycles. The molecular formula is C26H31N3O2. The Hall–Kier alpha value is -3.08. The highest BCUT2D eigenvalue weighted by Gasteiger charge is 2.24. The lowest BCUT2D eigenvalue weighted by Gasteiger charge is -2.34. The summed E-state index contributed by atoms with van der Waals surface area (Å²) in [7, 11) is 1.54. The minimum atomic E-state index is -0.351. The van der Waals surface area contributed by atoms with Crippen molar-refractivity contribution >= 4 is 5.82 Å². The van der Waals surface area contributed by atoms with Gasteiger partial charge in [-0.3, -0.25) is 14.3 Å². The normalized spacial score (nSPS) is 14.7. The lowest BCUT2D eigenvalue weighted by atomic mass is 9.90. The fourth-order valence-electron chi connectivity index (χ4n) is 4.77. The van der Waals surface area contributed by atoms with Crippen molar-refractivity contribution in [3.63, 3.8) is 0 Å². The van der Waals surface area contributed by atoms with Crippen LogP contribution in [0.4, 0.5) is 5.82 Å². The SMILES string of the molecule is Cc1cc(C)cc(Cc2c(N3CCC(Cc4ccccc4)CC3)[nH]c(=O)n(C)c2=O)c1. The molecule has 0 atom stereocenters. The number of piperidine rings is 1. The van der Waals surface area contributed by atoms with E-state index in [1.165, 1.54) is 21.3 Å². The van der Waals surface area contributed by atoms with Crippen molar-refractivity contribution < 1.29 is 0 Å². The zero-order valence-electron chi connectivity index (χ0n) is 18.6. The Morgan fingerprint density at radius 1 is 0.935 bits per heavy atom. The molecule has 31 heavy (non-hydrogen) atoms. The highest BCUT2D eigenvalue weighted by molar-refractivity contribution is 5.48. The number of benzene rings is 2. The highest BCUT2D eigenvalue weighted by Crippen LogP contribution is 2.26. The summed E-state index contributed by atoms with van der Waals surface area (Å²) in [6.07, 6.45) is 3.70. The number of hydrogen-bond acceptors (Lipinski definition) is 3. The average Bonchev–Trinajstić information content (AvgIpc) is 2.75. The molecule has 0 radical (unpaired) electrons. The Morgan fingerprint density at radius 2 is 1.58 bits per heavy atom. The van der Waals surface area contributed by atoms with E-state index in [1.807, 2.05) is 0 Å². The van der Waals surface area contributed by atoms with E-state index in [9.17, 15) is 9.59 Å². The molecule has 3 aromatic rings. The second kappa shape index (κ2) is 8.96. The molecule has 5 nitrogen and oxygen atoms in total. The van der Waals surface area contributed by atoms with Gasteiger partial charge in [-0.05, 0) is 50.2 Å². The van der Waals surface area contributed by atoms with Gasteiger partial charge in [0, 0.05) is 26.6 Å². The molecule has 0 amide bonds. The molecule has 4 rings (SSSR count). The van der Waals surface area contributed by atoms with Crippen LogP contribution in [0.25, 0.3) is 0 Å². The smallest absolute Gasteiger partial charge is 0.329 e. The monoisotopic (exact) mass is 417 g/mol. The van der Waals surface area contributed by atoms with Crippen LogP contribution in [-0.2, 0) is 19.9 Å². The minimum Gasteiger partial charge on any atom is -0.358 e. The van der Waals surface area contributed by atoms with Crippen LogP contribution >= 0.6 is 0 Å². The third-order valence-electron chi connectivity index (χ3n) is 6.34. The second-order valence-electron chi connectivity index (χ2n) is 8.91. The number of nitrogens with one attached hydrogen (secondary N) is 1. The molecule has 0 unspecified atom stereocenters. The van der Waals surface area contributed by atoms with Crippen LogP contribution in [0.5, 0.6) is 0 Å². The maximum Gasteiger partial charge on any atom is 0.329 e. The number of aromatic amines is 1. The molecule has 162 valence electrons. The maximum absolute atomic E-state index is 13.0. The van der Waals surface area contributed by atoms with Crippen LogP contribution < -0.4 is 16.1 Å². The van der Waals surface area contributed by atoms with E-state index in [-0.39, 0.29) is 11.2 Å². The van der Waals surface area contributed by atoms with Crippen molar-refractivity contribution in [2.75, 3.05) is 18.0 Å². The second-order valence-corrected chi connectivity index (χ2v) is 8.91. The fraction of sp³-hybridized carbons (Fsp3) is 0.385. The number of anilines is 1. The van der Waals surface area contributed by atoms with E-state index < -0.39 is 0 Å². The van der Waals surface area contributed by atoms with Crippen LogP contribution in [0, 0.1) is 19.8 Å². The van der Waals surface area contributed by atoms with Gasteiger partial charge in [-0.2, -0.15) is 0 Å². The quantitative estimate of drug-likeness (QED) is 0.688. The first-order valence-corrected chi connectivity index (χ1v) is 11.1. The highest BCUT2D eigenvalue weighted by atomic mass is 16.2. The van der Waals surface area contributed by atoms with Crippen molar-refractivity contribution in [1.82, 2.24) is 9.55 Å². The van der Waals surface area contributed by atoms with Gasteiger partial charge in [0.25, 0.3) is 5.56 Å². The Bertz CT molecular complexity index is 1150. The molecule has 0 bridgehead atoms. The van der Waals surface area contributed by atoms with Gasteiger partial charge in [-0.1, -0.05) is 59.7 Å². The van der Waals surface area contributed by atoms with Gasteiger partial charge >= 0.3 is 5.69 Å². The molecule has 0 spiro atoms. The van der Waals surface area contributed by atoms with Gasteiger partial charge in [0.2, 0.25) is 0 Å². The van der Waals surface area contributed by atoms with Crippen molar-refractivity contribution in [1.29, 1.82) is 0 Å². The number of H-pyrrole nitrogens is 1. The molecule has 0 aliphatic carbocycles. The average molecular weight is 418 g/mol. The standard InChI is InChI=1S/C26H31N3O2/c1-18-13-19(2)15-22(14-18)17-23-24(27-26(31)28(3)25(23)30)29-11-9-21(10-12-29)16-20-7-5-4-6-8-20/h4-8,13-15,21H,9-12,16-17H2,1-3H3,(H,27,31). The summed E-state index contributed by atoms with van der Waals surface area (Å²) in [5.74, 6) is 1.32. The van der Waals surface area contributed by atoms with Gasteiger partial charge in [0.15, 0.2) is 0 Å². The summed E-state index contributed by atoms with van der Waals surface area (Å²) in [5, 5.41) is 0. The zero-order valence-corrected chi connectivity index (χ0v) is 18.6. The van der Waals surface area contributed by atoms with Crippen molar-refractivity contribution in [2.45, 2.75) is 39.5 Å². The largest absolute Gasteiger partial charge is 0.358 e. The topological polar surface area (TPSA) is 58.1 Å². The van der Waals surface area contributed by atoms with Gasteiger partial charge in [0.1, 0.15) is 5.82 Å². The van der Waals surface area contributed by atoms with E-state index in [2.05, 4.69) is 72.3 Å². The van der Waals surface area contributed by atoms with Gasteiger partial charge < -0.3 is 4.90 Å². The number of nitrogens with zero attached hydrogens (tertiary/aromatic N) is 2. The van der Waals surface area contributed by atoms with Crippen molar-refractivity contribution in [3.05, 3.63) is 97.2 Å². The van der Waals surface area contributed by atoms with Gasteiger partial charge in [0.05, 0.1) is 5.56 Å². The molecule has 1 aliphatic rings. The van der Waals surface area contributed by atoms with E-state index in [1.54, 1.807) is 7.05 Å². The van der Waals surface area contributed by atoms with Crippen molar-refractivity contribution in [3.8, 4) is 0 Å². The first-order chi connectivity index (χ1) is 14.9. The molecule has 1 aliphatic heterocycles. The summed E-state index contributed by atoms with van der Waals surface area (Å²) in [4.78, 5) is 30.7. The molecule has 1 aromatic heterocycles. The third-order valence-corrected chi connectivity index (χ3v) is 6.34. The molecule has 1 saturated heterocycles. The number of aromatic nitrogens is 2. The summed E-state index contributed by atoms with van der Waals surface area (Å²) >= 11 is 0. The van der Waals surface area contributed by atoms with Gasteiger partial charge in [-0.15, -0.1) is 0 Å². The maximum atomic E-state index is 13.0. The lowest BCUT2D eigenvalue weighted by molar-refractivity contribution is 0.401. The Labute approximate surface area is 183 Å². The molecule has 2 heterocycles. The molecular weight excluding hydrogens is 386 g/mol.